The van der Waals surface area contributed by atoms with E-state index in [1.807, 2.05) is 0 Å². The summed E-state index contributed by atoms with van der Waals surface area (Å²) in [7, 11) is 0. The molecule has 0 atom stereocenters. The van der Waals surface area contributed by atoms with Gasteiger partial charge in [-0.3, -0.25) is 4.79 Å². The molecule has 0 spiro atoms. The summed E-state index contributed by atoms with van der Waals surface area (Å²) in [6, 6.07) is 0. The second-order valence-corrected chi connectivity index (χ2v) is 10.9. The number of carbonyl (C=O) groups is 1. The molecular weight excluding hydrogens is 442 g/mol. The fourth-order valence-electron chi connectivity index (χ4n) is 4.83. The lowest BCUT2D eigenvalue weighted by atomic mass is 10.0. The molecule has 0 aromatic carbocycles. The van der Waals surface area contributed by atoms with Crippen LogP contribution in [0.15, 0.2) is 0 Å². The Hall–Kier alpha value is -0.570. The van der Waals surface area contributed by atoms with Crippen molar-refractivity contribution in [3.05, 3.63) is 0 Å². The van der Waals surface area contributed by atoms with Crippen LogP contribution in [0.3, 0.4) is 0 Å². The summed E-state index contributed by atoms with van der Waals surface area (Å²) in [5, 5.41) is 8.52. The van der Waals surface area contributed by atoms with Gasteiger partial charge in [-0.2, -0.15) is 0 Å². The van der Waals surface area contributed by atoms with Crippen LogP contribution in [0.5, 0.6) is 0 Å². The zero-order valence-electron chi connectivity index (χ0n) is 25.6. The Morgan fingerprint density at radius 3 is 1.00 bits per heavy atom. The number of aliphatic carboxylic acids is 1. The molecule has 1 N–H and O–H groups in total. The van der Waals surface area contributed by atoms with Crippen LogP contribution in [-0.4, -0.2) is 35.6 Å². The quantitative estimate of drug-likeness (QED) is 0.106. The number of nitrogens with zero attached hydrogens (tertiary/aromatic N) is 1. The molecule has 0 aromatic heterocycles. The van der Waals surface area contributed by atoms with Crippen LogP contribution in [0, 0.1) is 0 Å². The minimum absolute atomic E-state index is 0.345. The highest BCUT2D eigenvalue weighted by atomic mass is 16.4. The summed E-state index contributed by atoms with van der Waals surface area (Å²) in [6.45, 7) is 12.8. The molecular formula is C33H69NO2. The van der Waals surface area contributed by atoms with Crippen molar-refractivity contribution in [1.82, 2.24) is 4.90 Å². The van der Waals surface area contributed by atoms with E-state index in [4.69, 9.17) is 5.11 Å². The highest BCUT2D eigenvalue weighted by Gasteiger charge is 1.98. The highest BCUT2D eigenvalue weighted by molar-refractivity contribution is 5.66. The summed E-state index contributed by atoms with van der Waals surface area (Å²) in [4.78, 5) is 12.9. The van der Waals surface area contributed by atoms with Crippen LogP contribution in [0.25, 0.3) is 0 Å². The lowest BCUT2D eigenvalue weighted by Gasteiger charge is -2.17. The molecule has 0 unspecified atom stereocenters. The van der Waals surface area contributed by atoms with Crippen molar-refractivity contribution < 1.29 is 9.90 Å². The van der Waals surface area contributed by atoms with Crippen molar-refractivity contribution in [2.75, 3.05) is 19.6 Å². The van der Waals surface area contributed by atoms with E-state index >= 15 is 0 Å². The Balaban J connectivity index is 0. The predicted molar refractivity (Wildman–Crippen MR) is 162 cm³/mol. The monoisotopic (exact) mass is 512 g/mol. The highest BCUT2D eigenvalue weighted by Crippen LogP contribution is 2.14. The molecule has 0 aliphatic rings. The minimum Gasteiger partial charge on any atom is -0.481 e. The number of hydrogen-bond donors (Lipinski definition) is 1. The van der Waals surface area contributed by atoms with Crippen LogP contribution in [0.2, 0.25) is 0 Å². The third-order valence-electron chi connectivity index (χ3n) is 7.47. The van der Waals surface area contributed by atoms with E-state index in [1.54, 1.807) is 0 Å². The Labute approximate surface area is 228 Å². The normalized spacial score (nSPS) is 11.0. The zero-order valence-corrected chi connectivity index (χ0v) is 25.6. The van der Waals surface area contributed by atoms with Gasteiger partial charge in [0.05, 0.1) is 0 Å². The molecule has 0 fully saturated rings. The average Bonchev–Trinajstić information content (AvgIpc) is 2.88. The maximum atomic E-state index is 10.3. The molecule has 0 rings (SSSR count). The molecule has 0 radical (unpaired) electrons. The van der Waals surface area contributed by atoms with E-state index in [0.29, 0.717) is 6.42 Å². The standard InChI is InChI=1S/C18H36O2.C15H33N/c1-2-3-4-5-6-7-8-9-10-11-12-13-14-15-16-17-18(19)20;1-4-7-8-9-10-11-12-13-14-15-16(5-2)6-3/h2-17H2,1H3,(H,19,20);4-15H2,1-3H3. The van der Waals surface area contributed by atoms with Crippen molar-refractivity contribution in [3.63, 3.8) is 0 Å². The molecule has 0 saturated heterocycles. The van der Waals surface area contributed by atoms with Crippen LogP contribution in [-0.2, 0) is 4.79 Å². The molecule has 0 aromatic rings. The van der Waals surface area contributed by atoms with Crippen LogP contribution >= 0.6 is 0 Å². The van der Waals surface area contributed by atoms with E-state index in [2.05, 4.69) is 32.6 Å². The molecule has 36 heavy (non-hydrogen) atoms. The topological polar surface area (TPSA) is 40.5 Å². The van der Waals surface area contributed by atoms with E-state index in [9.17, 15) is 4.79 Å². The van der Waals surface area contributed by atoms with Gasteiger partial charge in [-0.05, 0) is 32.5 Å². The number of carboxylic acids is 1. The second kappa shape index (κ2) is 34.4. The van der Waals surface area contributed by atoms with E-state index in [0.717, 1.165) is 12.8 Å². The first kappa shape index (κ1) is 37.6. The summed E-state index contributed by atoms with van der Waals surface area (Å²) in [6.07, 6.45) is 33.1. The number of carboxylic acid groups (broad SMARTS) is 1. The molecule has 3 heteroatoms. The summed E-state index contributed by atoms with van der Waals surface area (Å²) < 4.78 is 0. The molecule has 0 saturated carbocycles. The smallest absolute Gasteiger partial charge is 0.303 e. The Morgan fingerprint density at radius 2 is 0.722 bits per heavy atom. The zero-order chi connectivity index (χ0) is 27.0. The molecule has 0 amide bonds. The Bertz CT molecular complexity index is 395. The van der Waals surface area contributed by atoms with Gasteiger partial charge in [0.2, 0.25) is 0 Å². The average molecular weight is 512 g/mol. The van der Waals surface area contributed by atoms with Crippen molar-refractivity contribution in [2.24, 2.45) is 0 Å². The lowest BCUT2D eigenvalue weighted by molar-refractivity contribution is -0.137. The van der Waals surface area contributed by atoms with Gasteiger partial charge in [0.15, 0.2) is 0 Å². The summed E-state index contributed by atoms with van der Waals surface area (Å²) >= 11 is 0. The molecule has 0 aliphatic carbocycles. The molecule has 0 heterocycles. The van der Waals surface area contributed by atoms with Crippen LogP contribution in [0.1, 0.15) is 188 Å². The summed E-state index contributed by atoms with van der Waals surface area (Å²) in [5.74, 6) is -0.653. The maximum absolute atomic E-state index is 10.3. The van der Waals surface area contributed by atoms with E-state index in [1.165, 1.54) is 161 Å². The Kier molecular flexibility index (Phi) is 35.9. The number of rotatable bonds is 28. The lowest BCUT2D eigenvalue weighted by Crippen LogP contribution is -2.23. The van der Waals surface area contributed by atoms with E-state index < -0.39 is 5.97 Å². The maximum Gasteiger partial charge on any atom is 0.303 e. The fraction of sp³-hybridized carbons (Fsp3) is 0.970. The van der Waals surface area contributed by atoms with Gasteiger partial charge >= 0.3 is 5.97 Å². The predicted octanol–water partition coefficient (Wildman–Crippen LogP) is 11.2. The van der Waals surface area contributed by atoms with Crippen molar-refractivity contribution >= 4 is 5.97 Å². The molecule has 0 aliphatic heterocycles. The van der Waals surface area contributed by atoms with Crippen molar-refractivity contribution in [3.8, 4) is 0 Å². The van der Waals surface area contributed by atoms with Gasteiger partial charge in [-0.1, -0.05) is 169 Å². The second-order valence-electron chi connectivity index (χ2n) is 10.9. The van der Waals surface area contributed by atoms with Gasteiger partial charge in [0.25, 0.3) is 0 Å². The largest absolute Gasteiger partial charge is 0.481 e. The first-order chi connectivity index (χ1) is 17.6. The third kappa shape index (κ3) is 35.6. The van der Waals surface area contributed by atoms with E-state index in [-0.39, 0.29) is 0 Å². The third-order valence-corrected chi connectivity index (χ3v) is 7.47. The van der Waals surface area contributed by atoms with Gasteiger partial charge in [0.1, 0.15) is 0 Å². The fourth-order valence-corrected chi connectivity index (χ4v) is 4.83. The van der Waals surface area contributed by atoms with Crippen LogP contribution < -0.4 is 0 Å². The van der Waals surface area contributed by atoms with Gasteiger partial charge in [-0.15, -0.1) is 0 Å². The Morgan fingerprint density at radius 1 is 0.444 bits per heavy atom. The minimum atomic E-state index is -0.653. The van der Waals surface area contributed by atoms with Crippen molar-refractivity contribution in [1.29, 1.82) is 0 Å². The van der Waals surface area contributed by atoms with Gasteiger partial charge in [-0.25, -0.2) is 0 Å². The molecule has 218 valence electrons. The van der Waals surface area contributed by atoms with Crippen LogP contribution in [0.4, 0.5) is 0 Å². The SMILES string of the molecule is CCCCCCCCCCCCCCCCCC(=O)O.CCCCCCCCCCCN(CC)CC. The van der Waals surface area contributed by atoms with Crippen molar-refractivity contribution in [2.45, 2.75) is 188 Å². The molecule has 0 bridgehead atoms. The first-order valence-electron chi connectivity index (χ1n) is 16.6. The van der Waals surface area contributed by atoms with Gasteiger partial charge < -0.3 is 10.0 Å². The summed E-state index contributed by atoms with van der Waals surface area (Å²) in [5.41, 5.74) is 0. The number of hydrogen-bond acceptors (Lipinski definition) is 2. The first-order valence-corrected chi connectivity index (χ1v) is 16.6. The molecule has 3 nitrogen and oxygen atoms in total. The van der Waals surface area contributed by atoms with Gasteiger partial charge in [0, 0.05) is 6.42 Å². The number of unbranched alkanes of at least 4 members (excludes halogenated alkanes) is 22.